The highest BCUT2D eigenvalue weighted by Gasteiger charge is 2.33. The minimum absolute atomic E-state index is 0.0630. The molecule has 1 unspecified atom stereocenters. The number of aldehydes is 1. The van der Waals surface area contributed by atoms with E-state index in [2.05, 4.69) is 0 Å². The molecule has 0 fully saturated rings. The third-order valence-corrected chi connectivity index (χ3v) is 2.01. The average Bonchev–Trinajstić information content (AvgIpc) is 2.13. The van der Waals surface area contributed by atoms with E-state index >= 15 is 0 Å². The number of halogens is 3. The van der Waals surface area contributed by atoms with Gasteiger partial charge in [0.15, 0.2) is 0 Å². The van der Waals surface area contributed by atoms with Gasteiger partial charge < -0.3 is 15.8 Å². The number of carbonyl (C=O) groups is 2. The average molecular weight is 254 g/mol. The lowest BCUT2D eigenvalue weighted by Gasteiger charge is -2.18. The van der Waals surface area contributed by atoms with Gasteiger partial charge in [-0.25, -0.2) is 0 Å². The van der Waals surface area contributed by atoms with Crippen LogP contribution in [0.1, 0.15) is 26.7 Å². The van der Waals surface area contributed by atoms with E-state index in [0.717, 1.165) is 0 Å². The second-order valence-corrected chi connectivity index (χ2v) is 4.31. The standard InChI is InChI=1S/C10H17F3N2O2/c1-6(2)3-8(14)9(17)15-7(5-16)4-10(11,12)13/h5-8H,3-4,14H2,1-2H3,(H,15,17)/t7?,8-/m0/s1. The van der Waals surface area contributed by atoms with E-state index in [0.29, 0.717) is 6.42 Å². The minimum atomic E-state index is -4.50. The maximum atomic E-state index is 12.0. The molecule has 0 aliphatic carbocycles. The molecule has 2 atom stereocenters. The molecule has 1 amide bonds. The fourth-order valence-electron chi connectivity index (χ4n) is 1.29. The molecule has 4 nitrogen and oxygen atoms in total. The monoisotopic (exact) mass is 254 g/mol. The molecular formula is C10H17F3N2O2. The molecule has 0 radical (unpaired) electrons. The second-order valence-electron chi connectivity index (χ2n) is 4.31. The van der Waals surface area contributed by atoms with Crippen LogP contribution in [0.3, 0.4) is 0 Å². The molecule has 7 heteroatoms. The van der Waals surface area contributed by atoms with Crippen LogP contribution in [0, 0.1) is 5.92 Å². The van der Waals surface area contributed by atoms with Gasteiger partial charge in [-0.3, -0.25) is 4.79 Å². The predicted molar refractivity (Wildman–Crippen MR) is 56.1 cm³/mol. The maximum Gasteiger partial charge on any atom is 0.391 e. The molecule has 100 valence electrons. The van der Waals surface area contributed by atoms with Gasteiger partial charge in [-0.05, 0) is 12.3 Å². The Morgan fingerprint density at radius 2 is 1.94 bits per heavy atom. The lowest BCUT2D eigenvalue weighted by molar-refractivity contribution is -0.146. The van der Waals surface area contributed by atoms with Gasteiger partial charge >= 0.3 is 6.18 Å². The maximum absolute atomic E-state index is 12.0. The lowest BCUT2D eigenvalue weighted by atomic mass is 10.0. The Hall–Kier alpha value is -1.11. The summed E-state index contributed by atoms with van der Waals surface area (Å²) in [6.45, 7) is 3.67. The molecular weight excluding hydrogens is 237 g/mol. The Morgan fingerprint density at radius 3 is 2.29 bits per heavy atom. The van der Waals surface area contributed by atoms with Crippen LogP contribution in [0.25, 0.3) is 0 Å². The van der Waals surface area contributed by atoms with Crippen molar-refractivity contribution in [2.75, 3.05) is 0 Å². The number of hydrogen-bond acceptors (Lipinski definition) is 3. The second kappa shape index (κ2) is 6.58. The Bertz CT molecular complexity index is 267. The Labute approximate surface area is 97.7 Å². The van der Waals surface area contributed by atoms with E-state index in [9.17, 15) is 22.8 Å². The molecule has 0 saturated heterocycles. The normalized spacial score (nSPS) is 15.5. The SMILES string of the molecule is CC(C)C[C@H](N)C(=O)NC(C=O)CC(F)(F)F. The van der Waals surface area contributed by atoms with Gasteiger partial charge in [-0.15, -0.1) is 0 Å². The largest absolute Gasteiger partial charge is 0.391 e. The van der Waals surface area contributed by atoms with Crippen LogP contribution < -0.4 is 11.1 Å². The van der Waals surface area contributed by atoms with Crippen molar-refractivity contribution < 1.29 is 22.8 Å². The summed E-state index contributed by atoms with van der Waals surface area (Å²) in [5.74, 6) is -0.590. The molecule has 0 aliphatic rings. The van der Waals surface area contributed by atoms with Crippen LogP contribution in [0.15, 0.2) is 0 Å². The summed E-state index contributed by atoms with van der Waals surface area (Å²) < 4.78 is 36.0. The third-order valence-electron chi connectivity index (χ3n) is 2.01. The molecule has 3 N–H and O–H groups in total. The molecule has 0 bridgehead atoms. The number of nitrogens with one attached hydrogen (secondary N) is 1. The van der Waals surface area contributed by atoms with Crippen LogP contribution in [0.2, 0.25) is 0 Å². The number of carbonyl (C=O) groups excluding carboxylic acids is 2. The van der Waals surface area contributed by atoms with E-state index in [1.807, 2.05) is 19.2 Å². The summed E-state index contributed by atoms with van der Waals surface area (Å²) >= 11 is 0. The summed E-state index contributed by atoms with van der Waals surface area (Å²) in [6.07, 6.45) is -5.46. The quantitative estimate of drug-likeness (QED) is 0.694. The molecule has 0 rings (SSSR count). The molecule has 0 aromatic rings. The predicted octanol–water partition coefficient (Wildman–Crippen LogP) is 0.996. The van der Waals surface area contributed by atoms with Crippen molar-refractivity contribution in [3.63, 3.8) is 0 Å². The van der Waals surface area contributed by atoms with Crippen LogP contribution in [0.5, 0.6) is 0 Å². The van der Waals surface area contributed by atoms with Gasteiger partial charge in [-0.2, -0.15) is 13.2 Å². The van der Waals surface area contributed by atoms with Crippen molar-refractivity contribution in [2.45, 2.75) is 44.9 Å². The van der Waals surface area contributed by atoms with Crippen molar-refractivity contribution in [2.24, 2.45) is 11.7 Å². The van der Waals surface area contributed by atoms with Crippen LogP contribution >= 0.6 is 0 Å². The highest BCUT2D eigenvalue weighted by atomic mass is 19.4. The minimum Gasteiger partial charge on any atom is -0.345 e. The zero-order valence-electron chi connectivity index (χ0n) is 9.75. The third kappa shape index (κ3) is 7.73. The Morgan fingerprint density at radius 1 is 1.41 bits per heavy atom. The number of alkyl halides is 3. The summed E-state index contributed by atoms with van der Waals surface area (Å²) in [7, 11) is 0. The zero-order valence-corrected chi connectivity index (χ0v) is 9.75. The highest BCUT2D eigenvalue weighted by molar-refractivity contribution is 5.84. The molecule has 0 aromatic heterocycles. The van der Waals surface area contributed by atoms with E-state index < -0.39 is 30.6 Å². The van der Waals surface area contributed by atoms with Gasteiger partial charge in [0, 0.05) is 0 Å². The summed E-state index contributed by atoms with van der Waals surface area (Å²) in [5.41, 5.74) is 5.48. The van der Waals surface area contributed by atoms with Crippen molar-refractivity contribution in [1.82, 2.24) is 5.32 Å². The fourth-order valence-corrected chi connectivity index (χ4v) is 1.29. The van der Waals surface area contributed by atoms with Gasteiger partial charge in [-0.1, -0.05) is 13.8 Å². The summed E-state index contributed by atoms with van der Waals surface area (Å²) in [4.78, 5) is 21.8. The Balaban J connectivity index is 4.28. The number of nitrogens with two attached hydrogens (primary N) is 1. The number of hydrogen-bond donors (Lipinski definition) is 2. The first-order valence-electron chi connectivity index (χ1n) is 5.23. The number of amides is 1. The first-order valence-corrected chi connectivity index (χ1v) is 5.23. The molecule has 0 heterocycles. The van der Waals surface area contributed by atoms with Crippen LogP contribution in [-0.2, 0) is 9.59 Å². The van der Waals surface area contributed by atoms with Crippen molar-refractivity contribution in [3.05, 3.63) is 0 Å². The van der Waals surface area contributed by atoms with Crippen LogP contribution in [0.4, 0.5) is 13.2 Å². The fraction of sp³-hybridized carbons (Fsp3) is 0.800. The molecule has 17 heavy (non-hydrogen) atoms. The van der Waals surface area contributed by atoms with E-state index in [1.54, 1.807) is 0 Å². The molecule has 0 saturated carbocycles. The molecule has 0 aromatic carbocycles. The number of rotatable bonds is 6. The van der Waals surface area contributed by atoms with Crippen molar-refractivity contribution in [3.8, 4) is 0 Å². The lowest BCUT2D eigenvalue weighted by Crippen LogP contribution is -2.47. The van der Waals surface area contributed by atoms with E-state index in [1.165, 1.54) is 0 Å². The van der Waals surface area contributed by atoms with Gasteiger partial charge in [0.1, 0.15) is 6.29 Å². The Kier molecular flexibility index (Phi) is 6.15. The highest BCUT2D eigenvalue weighted by Crippen LogP contribution is 2.20. The summed E-state index contributed by atoms with van der Waals surface area (Å²) in [5, 5.41) is 1.98. The molecule has 0 spiro atoms. The van der Waals surface area contributed by atoms with Crippen molar-refractivity contribution in [1.29, 1.82) is 0 Å². The smallest absolute Gasteiger partial charge is 0.345 e. The first-order chi connectivity index (χ1) is 7.65. The van der Waals surface area contributed by atoms with Gasteiger partial charge in [0.25, 0.3) is 0 Å². The van der Waals surface area contributed by atoms with E-state index in [4.69, 9.17) is 5.73 Å². The first kappa shape index (κ1) is 15.9. The topological polar surface area (TPSA) is 72.2 Å². The zero-order chi connectivity index (χ0) is 13.6. The van der Waals surface area contributed by atoms with Gasteiger partial charge in [0.05, 0.1) is 18.5 Å². The molecule has 0 aliphatic heterocycles. The van der Waals surface area contributed by atoms with Crippen molar-refractivity contribution >= 4 is 12.2 Å². The van der Waals surface area contributed by atoms with E-state index in [-0.39, 0.29) is 12.2 Å². The van der Waals surface area contributed by atoms with Crippen LogP contribution in [-0.4, -0.2) is 30.5 Å². The summed E-state index contributed by atoms with van der Waals surface area (Å²) in [6, 6.07) is -2.47. The van der Waals surface area contributed by atoms with Gasteiger partial charge in [0.2, 0.25) is 5.91 Å².